The Kier molecular flexibility index (Phi) is 5.77. The molecule has 1 atom stereocenters. The van der Waals surface area contributed by atoms with Gasteiger partial charge in [0.2, 0.25) is 17.6 Å². The third-order valence-electron chi connectivity index (χ3n) is 5.87. The molecule has 144 valence electrons. The van der Waals surface area contributed by atoms with E-state index in [9.17, 15) is 4.79 Å². The van der Waals surface area contributed by atoms with Crippen LogP contribution in [0.3, 0.4) is 0 Å². The number of halogens is 1. The van der Waals surface area contributed by atoms with Crippen LogP contribution in [-0.4, -0.2) is 27.5 Å². The summed E-state index contributed by atoms with van der Waals surface area (Å²) in [4.78, 5) is 19.4. The summed E-state index contributed by atoms with van der Waals surface area (Å²) in [6, 6.07) is 7.31. The van der Waals surface area contributed by atoms with Gasteiger partial charge in [0.1, 0.15) is 6.04 Å². The highest BCUT2D eigenvalue weighted by Gasteiger charge is 2.32. The molecule has 2 fully saturated rings. The van der Waals surface area contributed by atoms with Gasteiger partial charge in [-0.1, -0.05) is 54.6 Å². The van der Waals surface area contributed by atoms with Crippen molar-refractivity contribution in [3.05, 3.63) is 35.2 Å². The van der Waals surface area contributed by atoms with Gasteiger partial charge in [-0.3, -0.25) is 4.79 Å². The van der Waals surface area contributed by atoms with Crippen molar-refractivity contribution in [1.82, 2.24) is 15.0 Å². The molecule has 1 aromatic heterocycles. The smallest absolute Gasteiger partial charge is 0.249 e. The van der Waals surface area contributed by atoms with Crippen LogP contribution in [0.25, 0.3) is 11.4 Å². The Balaban J connectivity index is 1.46. The zero-order valence-corrected chi connectivity index (χ0v) is 16.3. The molecule has 1 saturated heterocycles. The lowest BCUT2D eigenvalue weighted by atomic mass is 9.98. The second-order valence-corrected chi connectivity index (χ2v) is 8.19. The predicted octanol–water partition coefficient (Wildman–Crippen LogP) is 5.41. The molecule has 1 amide bonds. The maximum absolute atomic E-state index is 12.9. The molecule has 2 aliphatic rings. The minimum absolute atomic E-state index is 0.102. The van der Waals surface area contributed by atoms with Crippen molar-refractivity contribution >= 4 is 17.5 Å². The average molecular weight is 388 g/mol. The summed E-state index contributed by atoms with van der Waals surface area (Å²) in [5, 5.41) is 4.76. The molecular formula is C21H26ClN3O2. The summed E-state index contributed by atoms with van der Waals surface area (Å²) in [5.74, 6) is 2.03. The standard InChI is InChI=1S/C21H26ClN3O2/c22-17-9-5-8-16(14-17)20-23-21(27-24-20)18-10-3-4-13-25(18)19(26)12-11-15-6-1-2-7-15/h5,8-9,14-15,18H,1-4,6-7,10-13H2/t18-/m1/s1. The van der Waals surface area contributed by atoms with E-state index >= 15 is 0 Å². The lowest BCUT2D eigenvalue weighted by Crippen LogP contribution is -2.38. The maximum Gasteiger partial charge on any atom is 0.249 e. The molecule has 0 radical (unpaired) electrons. The van der Waals surface area contributed by atoms with Crippen molar-refractivity contribution < 1.29 is 9.32 Å². The molecule has 4 rings (SSSR count). The van der Waals surface area contributed by atoms with Crippen molar-refractivity contribution in [2.45, 2.75) is 63.8 Å². The number of rotatable bonds is 5. The summed E-state index contributed by atoms with van der Waals surface area (Å²) in [5.41, 5.74) is 0.826. The number of carbonyl (C=O) groups is 1. The third kappa shape index (κ3) is 4.34. The zero-order valence-electron chi connectivity index (χ0n) is 15.6. The van der Waals surface area contributed by atoms with Crippen LogP contribution in [0.15, 0.2) is 28.8 Å². The number of nitrogens with zero attached hydrogens (tertiary/aromatic N) is 3. The van der Waals surface area contributed by atoms with Crippen molar-refractivity contribution in [1.29, 1.82) is 0 Å². The summed E-state index contributed by atoms with van der Waals surface area (Å²) in [6.45, 7) is 0.781. The Labute approximate surface area is 165 Å². The van der Waals surface area contributed by atoms with Crippen LogP contribution in [-0.2, 0) is 4.79 Å². The first-order chi connectivity index (χ1) is 13.2. The van der Waals surface area contributed by atoms with E-state index in [-0.39, 0.29) is 11.9 Å². The minimum atomic E-state index is -0.102. The van der Waals surface area contributed by atoms with Crippen LogP contribution < -0.4 is 0 Å². The van der Waals surface area contributed by atoms with E-state index in [0.29, 0.717) is 23.2 Å². The highest BCUT2D eigenvalue weighted by Crippen LogP contribution is 2.33. The normalized spacial score (nSPS) is 20.9. The molecule has 0 spiro atoms. The zero-order chi connectivity index (χ0) is 18.6. The number of amides is 1. The van der Waals surface area contributed by atoms with E-state index in [1.807, 2.05) is 29.2 Å². The fourth-order valence-electron chi connectivity index (χ4n) is 4.37. The van der Waals surface area contributed by atoms with Gasteiger partial charge in [-0.05, 0) is 43.7 Å². The predicted molar refractivity (Wildman–Crippen MR) is 104 cm³/mol. The molecule has 6 heteroatoms. The number of piperidine rings is 1. The number of carbonyl (C=O) groups excluding carboxylic acids is 1. The molecule has 1 aliphatic heterocycles. The molecule has 1 aliphatic carbocycles. The molecule has 2 aromatic rings. The van der Waals surface area contributed by atoms with E-state index in [0.717, 1.165) is 43.7 Å². The fourth-order valence-corrected chi connectivity index (χ4v) is 4.56. The Morgan fingerprint density at radius 3 is 2.81 bits per heavy atom. The van der Waals surface area contributed by atoms with E-state index in [4.69, 9.17) is 16.1 Å². The summed E-state index contributed by atoms with van der Waals surface area (Å²) < 4.78 is 5.56. The molecule has 0 unspecified atom stereocenters. The minimum Gasteiger partial charge on any atom is -0.337 e. The van der Waals surface area contributed by atoms with Crippen molar-refractivity contribution in [3.63, 3.8) is 0 Å². The van der Waals surface area contributed by atoms with Gasteiger partial charge in [0, 0.05) is 23.6 Å². The van der Waals surface area contributed by atoms with Gasteiger partial charge < -0.3 is 9.42 Å². The summed E-state index contributed by atoms with van der Waals surface area (Å²) >= 11 is 6.06. The SMILES string of the molecule is O=C(CCC1CCCC1)N1CCCC[C@@H]1c1nc(-c2cccc(Cl)c2)no1. The van der Waals surface area contributed by atoms with E-state index in [2.05, 4.69) is 10.1 Å². The quantitative estimate of drug-likeness (QED) is 0.687. The van der Waals surface area contributed by atoms with Gasteiger partial charge in [-0.2, -0.15) is 4.98 Å². The van der Waals surface area contributed by atoms with E-state index in [1.165, 1.54) is 25.7 Å². The number of benzene rings is 1. The topological polar surface area (TPSA) is 59.2 Å². The van der Waals surface area contributed by atoms with Gasteiger partial charge in [0.05, 0.1) is 0 Å². The molecule has 5 nitrogen and oxygen atoms in total. The van der Waals surface area contributed by atoms with Gasteiger partial charge in [-0.15, -0.1) is 0 Å². The number of likely N-dealkylation sites (tertiary alicyclic amines) is 1. The lowest BCUT2D eigenvalue weighted by Gasteiger charge is -2.33. The van der Waals surface area contributed by atoms with Crippen LogP contribution >= 0.6 is 11.6 Å². The number of aromatic nitrogens is 2. The van der Waals surface area contributed by atoms with Crippen LogP contribution in [0.4, 0.5) is 0 Å². The van der Waals surface area contributed by atoms with Gasteiger partial charge in [0.25, 0.3) is 0 Å². The highest BCUT2D eigenvalue weighted by atomic mass is 35.5. The first kappa shape index (κ1) is 18.5. The van der Waals surface area contributed by atoms with Gasteiger partial charge >= 0.3 is 0 Å². The Hall–Kier alpha value is -1.88. The first-order valence-corrected chi connectivity index (χ1v) is 10.5. The monoisotopic (exact) mass is 387 g/mol. The molecule has 27 heavy (non-hydrogen) atoms. The molecule has 0 bridgehead atoms. The van der Waals surface area contributed by atoms with Gasteiger partial charge in [-0.25, -0.2) is 0 Å². The van der Waals surface area contributed by atoms with E-state index in [1.54, 1.807) is 0 Å². The Bertz CT molecular complexity index is 785. The third-order valence-corrected chi connectivity index (χ3v) is 6.11. The van der Waals surface area contributed by atoms with Crippen molar-refractivity contribution in [3.8, 4) is 11.4 Å². The lowest BCUT2D eigenvalue weighted by molar-refractivity contribution is -0.136. The van der Waals surface area contributed by atoms with Crippen molar-refractivity contribution in [2.75, 3.05) is 6.54 Å². The number of hydrogen-bond acceptors (Lipinski definition) is 4. The van der Waals surface area contributed by atoms with Crippen molar-refractivity contribution in [2.24, 2.45) is 5.92 Å². The van der Waals surface area contributed by atoms with Crippen LogP contribution in [0, 0.1) is 5.92 Å². The first-order valence-electron chi connectivity index (χ1n) is 10.1. The molecule has 0 N–H and O–H groups in total. The highest BCUT2D eigenvalue weighted by molar-refractivity contribution is 6.30. The fraction of sp³-hybridized carbons (Fsp3) is 0.571. The second kappa shape index (κ2) is 8.42. The van der Waals surface area contributed by atoms with Crippen LogP contribution in [0.5, 0.6) is 0 Å². The molecule has 2 heterocycles. The Morgan fingerprint density at radius 1 is 1.19 bits per heavy atom. The Morgan fingerprint density at radius 2 is 2.00 bits per heavy atom. The summed E-state index contributed by atoms with van der Waals surface area (Å²) in [6.07, 6.45) is 9.85. The largest absolute Gasteiger partial charge is 0.337 e. The van der Waals surface area contributed by atoms with Crippen LogP contribution in [0.1, 0.15) is 69.7 Å². The average Bonchev–Trinajstić information content (AvgIpc) is 3.38. The number of hydrogen-bond donors (Lipinski definition) is 0. The molecular weight excluding hydrogens is 362 g/mol. The summed E-state index contributed by atoms with van der Waals surface area (Å²) in [7, 11) is 0. The molecule has 1 saturated carbocycles. The second-order valence-electron chi connectivity index (χ2n) is 7.75. The molecule has 1 aromatic carbocycles. The van der Waals surface area contributed by atoms with Gasteiger partial charge in [0.15, 0.2) is 0 Å². The van der Waals surface area contributed by atoms with E-state index < -0.39 is 0 Å². The van der Waals surface area contributed by atoms with Crippen LogP contribution in [0.2, 0.25) is 5.02 Å². The maximum atomic E-state index is 12.9.